The lowest BCUT2D eigenvalue weighted by molar-refractivity contribution is 0.299. The van der Waals surface area contributed by atoms with Crippen LogP contribution in [0.15, 0.2) is 17.2 Å². The predicted octanol–water partition coefficient (Wildman–Crippen LogP) is 5.11. The third-order valence-electron chi connectivity index (χ3n) is 3.33. The summed E-state index contributed by atoms with van der Waals surface area (Å²) >= 11 is 0. The molecule has 0 aliphatic rings. The minimum absolute atomic E-state index is 0.381. The minimum atomic E-state index is 0.381. The first kappa shape index (κ1) is 17.3. The minimum Gasteiger partial charge on any atom is -0.494 e. The summed E-state index contributed by atoms with van der Waals surface area (Å²) in [5.41, 5.74) is 7.56. The maximum Gasteiger partial charge on any atom is 0.169 e. The van der Waals surface area contributed by atoms with Crippen LogP contribution in [0.25, 0.3) is 0 Å². The first-order valence-corrected chi connectivity index (χ1v) is 7.53. The van der Waals surface area contributed by atoms with Crippen LogP contribution in [0.5, 0.6) is 17.2 Å². The van der Waals surface area contributed by atoms with Gasteiger partial charge in [0.15, 0.2) is 17.2 Å². The molecule has 1 aromatic carbocycles. The van der Waals surface area contributed by atoms with E-state index >= 15 is 0 Å². The molecule has 0 bridgehead atoms. The molecule has 118 valence electrons. The maximum atomic E-state index is 7.17. The summed E-state index contributed by atoms with van der Waals surface area (Å²) < 4.78 is 16.2. The fraction of sp³-hybridized carbons (Fsp3) is 0.625. The van der Waals surface area contributed by atoms with Crippen LogP contribution in [0.2, 0.25) is 0 Å². The lowest BCUT2D eigenvalue weighted by Gasteiger charge is -2.12. The van der Waals surface area contributed by atoms with Crippen molar-refractivity contribution in [1.29, 1.82) is 5.53 Å². The Bertz CT molecular complexity index is 411. The van der Waals surface area contributed by atoms with E-state index in [-0.39, 0.29) is 0 Å². The van der Waals surface area contributed by atoms with E-state index < -0.39 is 0 Å². The van der Waals surface area contributed by atoms with Crippen molar-refractivity contribution in [1.82, 2.24) is 0 Å². The molecule has 0 aromatic heterocycles. The number of unbranched alkanes of at least 4 members (excludes halogenated alkanes) is 5. The first-order valence-electron chi connectivity index (χ1n) is 7.53. The Hall–Kier alpha value is -1.78. The van der Waals surface area contributed by atoms with Gasteiger partial charge in [0.05, 0.1) is 20.8 Å². The molecule has 0 saturated carbocycles. The Labute approximate surface area is 127 Å². The Morgan fingerprint density at radius 3 is 2.05 bits per heavy atom. The lowest BCUT2D eigenvalue weighted by Crippen LogP contribution is -1.99. The summed E-state index contributed by atoms with van der Waals surface area (Å²) in [6.45, 7) is 2.90. The van der Waals surface area contributed by atoms with Crippen molar-refractivity contribution in [2.75, 3.05) is 20.8 Å². The molecule has 0 saturated heterocycles. The molecule has 0 unspecified atom stereocenters. The third-order valence-corrected chi connectivity index (χ3v) is 3.33. The fourth-order valence-corrected chi connectivity index (χ4v) is 2.14. The topological polar surface area (TPSA) is 63.9 Å². The first-order chi connectivity index (χ1) is 10.3. The van der Waals surface area contributed by atoms with E-state index in [1.165, 1.54) is 32.1 Å². The SMILES string of the molecule is CCCCCCCCOc1cc(OC)c(N=N)c(OC)c1. The van der Waals surface area contributed by atoms with Crippen molar-refractivity contribution >= 4 is 5.69 Å². The zero-order valence-electron chi connectivity index (χ0n) is 13.3. The molecule has 1 N–H and O–H groups in total. The van der Waals surface area contributed by atoms with Gasteiger partial charge in [0, 0.05) is 12.1 Å². The predicted molar refractivity (Wildman–Crippen MR) is 83.2 cm³/mol. The maximum absolute atomic E-state index is 7.17. The molecular weight excluding hydrogens is 268 g/mol. The van der Waals surface area contributed by atoms with Gasteiger partial charge < -0.3 is 14.2 Å². The summed E-state index contributed by atoms with van der Waals surface area (Å²) in [5.74, 6) is 1.66. The highest BCUT2D eigenvalue weighted by Crippen LogP contribution is 2.40. The number of methoxy groups -OCH3 is 2. The quantitative estimate of drug-likeness (QED) is 0.456. The van der Waals surface area contributed by atoms with Crippen LogP contribution in [0.3, 0.4) is 0 Å². The molecule has 0 radical (unpaired) electrons. The molecule has 0 aliphatic heterocycles. The van der Waals surface area contributed by atoms with Crippen LogP contribution in [0, 0.1) is 5.53 Å². The van der Waals surface area contributed by atoms with Gasteiger partial charge in [0.25, 0.3) is 0 Å². The Morgan fingerprint density at radius 2 is 1.52 bits per heavy atom. The fourth-order valence-electron chi connectivity index (χ4n) is 2.14. The van der Waals surface area contributed by atoms with Crippen molar-refractivity contribution in [3.63, 3.8) is 0 Å². The van der Waals surface area contributed by atoms with Crippen molar-refractivity contribution in [2.45, 2.75) is 45.4 Å². The summed E-state index contributed by atoms with van der Waals surface area (Å²) in [5, 5.41) is 3.44. The number of nitrogens with one attached hydrogen (secondary N) is 1. The zero-order valence-corrected chi connectivity index (χ0v) is 13.3. The molecule has 1 aromatic rings. The second-order valence-electron chi connectivity index (χ2n) is 4.90. The number of hydrogen-bond donors (Lipinski definition) is 1. The van der Waals surface area contributed by atoms with Gasteiger partial charge in [-0.2, -0.15) is 5.11 Å². The molecule has 0 heterocycles. The van der Waals surface area contributed by atoms with E-state index in [1.807, 2.05) is 0 Å². The van der Waals surface area contributed by atoms with E-state index in [1.54, 1.807) is 26.4 Å². The molecule has 5 nitrogen and oxygen atoms in total. The van der Waals surface area contributed by atoms with E-state index in [9.17, 15) is 0 Å². The van der Waals surface area contributed by atoms with E-state index in [0.717, 1.165) is 6.42 Å². The summed E-state index contributed by atoms with van der Waals surface area (Å²) in [7, 11) is 3.09. The third kappa shape index (κ3) is 5.61. The highest BCUT2D eigenvalue weighted by molar-refractivity contribution is 5.64. The molecule has 1 rings (SSSR count). The second kappa shape index (κ2) is 10.0. The van der Waals surface area contributed by atoms with Crippen molar-refractivity contribution in [3.05, 3.63) is 12.1 Å². The molecule has 0 atom stereocenters. The van der Waals surface area contributed by atoms with Gasteiger partial charge in [-0.05, 0) is 6.42 Å². The van der Waals surface area contributed by atoms with Crippen LogP contribution in [0.1, 0.15) is 45.4 Å². The van der Waals surface area contributed by atoms with Gasteiger partial charge in [-0.3, -0.25) is 0 Å². The molecule has 0 fully saturated rings. The summed E-state index contributed by atoms with van der Waals surface area (Å²) in [6.07, 6.45) is 7.38. The number of hydrogen-bond acceptors (Lipinski definition) is 5. The largest absolute Gasteiger partial charge is 0.494 e. The van der Waals surface area contributed by atoms with Crippen molar-refractivity contribution < 1.29 is 14.2 Å². The Kier molecular flexibility index (Phi) is 8.24. The van der Waals surface area contributed by atoms with E-state index in [2.05, 4.69) is 12.0 Å². The molecular formula is C16H26N2O3. The van der Waals surface area contributed by atoms with Gasteiger partial charge in [0.1, 0.15) is 5.75 Å². The van der Waals surface area contributed by atoms with Crippen LogP contribution in [0.4, 0.5) is 5.69 Å². The molecule has 0 amide bonds. The van der Waals surface area contributed by atoms with E-state index in [4.69, 9.17) is 19.7 Å². The zero-order chi connectivity index (χ0) is 15.5. The number of rotatable bonds is 11. The van der Waals surface area contributed by atoms with Gasteiger partial charge in [-0.25, -0.2) is 5.53 Å². The average molecular weight is 294 g/mol. The molecule has 0 aliphatic carbocycles. The van der Waals surface area contributed by atoms with E-state index in [0.29, 0.717) is 29.5 Å². The highest BCUT2D eigenvalue weighted by Gasteiger charge is 2.12. The molecule has 5 heteroatoms. The van der Waals surface area contributed by atoms with Crippen LogP contribution >= 0.6 is 0 Å². The highest BCUT2D eigenvalue weighted by atomic mass is 16.5. The summed E-state index contributed by atoms with van der Waals surface area (Å²) in [6, 6.07) is 3.49. The number of ether oxygens (including phenoxy) is 3. The van der Waals surface area contributed by atoms with Gasteiger partial charge >= 0.3 is 0 Å². The van der Waals surface area contributed by atoms with Crippen LogP contribution in [-0.2, 0) is 0 Å². The lowest BCUT2D eigenvalue weighted by atomic mass is 10.1. The molecule has 0 spiro atoms. The normalized spacial score (nSPS) is 10.2. The number of nitrogens with zero attached hydrogens (tertiary/aromatic N) is 1. The van der Waals surface area contributed by atoms with Gasteiger partial charge in [0.2, 0.25) is 0 Å². The molecule has 21 heavy (non-hydrogen) atoms. The number of benzene rings is 1. The summed E-state index contributed by atoms with van der Waals surface area (Å²) in [4.78, 5) is 0. The van der Waals surface area contributed by atoms with Crippen LogP contribution < -0.4 is 14.2 Å². The van der Waals surface area contributed by atoms with Crippen LogP contribution in [-0.4, -0.2) is 20.8 Å². The Balaban J connectivity index is 2.50. The second-order valence-corrected chi connectivity index (χ2v) is 4.90. The smallest absolute Gasteiger partial charge is 0.169 e. The monoisotopic (exact) mass is 294 g/mol. The van der Waals surface area contributed by atoms with Crippen molar-refractivity contribution in [2.24, 2.45) is 5.11 Å². The van der Waals surface area contributed by atoms with Crippen molar-refractivity contribution in [3.8, 4) is 17.2 Å². The standard InChI is InChI=1S/C16H26N2O3/c1-4-5-6-7-8-9-10-21-13-11-14(19-2)16(18-17)15(12-13)20-3/h11-12,17H,4-10H2,1-3H3. The van der Waals surface area contributed by atoms with Gasteiger partial charge in [-0.1, -0.05) is 39.0 Å². The average Bonchev–Trinajstić information content (AvgIpc) is 2.52. The Morgan fingerprint density at radius 1 is 0.952 bits per heavy atom. The van der Waals surface area contributed by atoms with Gasteiger partial charge in [-0.15, -0.1) is 0 Å².